The monoisotopic (exact) mass is 400 g/mol. The zero-order valence-corrected chi connectivity index (χ0v) is 15.6. The van der Waals surface area contributed by atoms with Gasteiger partial charge in [-0.2, -0.15) is 0 Å². The molecule has 10 heteroatoms. The molecule has 3 aliphatic rings. The molecule has 0 bridgehead atoms. The molecule has 4 amide bonds. The van der Waals surface area contributed by atoms with E-state index in [1.165, 1.54) is 6.07 Å². The van der Waals surface area contributed by atoms with E-state index < -0.39 is 23.3 Å². The molecule has 0 aromatic heterocycles. The van der Waals surface area contributed by atoms with Crippen molar-refractivity contribution >= 4 is 29.3 Å². The van der Waals surface area contributed by atoms with Gasteiger partial charge in [-0.1, -0.05) is 0 Å². The van der Waals surface area contributed by atoms with Crippen LogP contribution in [0, 0.1) is 16.0 Å². The van der Waals surface area contributed by atoms with E-state index >= 15 is 0 Å². The summed E-state index contributed by atoms with van der Waals surface area (Å²) in [5.41, 5.74) is -0.276. The minimum Gasteiger partial charge on any atom is -0.353 e. The van der Waals surface area contributed by atoms with Crippen molar-refractivity contribution in [1.29, 1.82) is 0 Å². The first-order chi connectivity index (χ1) is 13.8. The Balaban J connectivity index is 1.35. The number of nitro groups is 1. The summed E-state index contributed by atoms with van der Waals surface area (Å²) in [5, 5.41) is 13.9. The number of hydrogen-bond donors (Lipinski definition) is 1. The highest BCUT2D eigenvalue weighted by Gasteiger charge is 2.39. The number of non-ortho nitro benzene ring substituents is 1. The number of hydrogen-bond acceptors (Lipinski definition) is 6. The number of benzene rings is 1. The van der Waals surface area contributed by atoms with Crippen molar-refractivity contribution in [3.63, 3.8) is 0 Å². The molecule has 1 aromatic rings. The van der Waals surface area contributed by atoms with E-state index in [1.807, 2.05) is 0 Å². The smallest absolute Gasteiger partial charge is 0.270 e. The van der Waals surface area contributed by atoms with Gasteiger partial charge in [0.2, 0.25) is 11.8 Å². The largest absolute Gasteiger partial charge is 0.353 e. The number of nitrogens with one attached hydrogen (secondary N) is 1. The third-order valence-corrected chi connectivity index (χ3v) is 5.60. The van der Waals surface area contributed by atoms with E-state index in [4.69, 9.17) is 0 Å². The first kappa shape index (κ1) is 19.0. The van der Waals surface area contributed by atoms with Crippen molar-refractivity contribution in [2.24, 2.45) is 5.92 Å². The number of rotatable bonds is 5. The Morgan fingerprint density at radius 1 is 1.07 bits per heavy atom. The van der Waals surface area contributed by atoms with Crippen molar-refractivity contribution in [1.82, 2.24) is 15.1 Å². The number of nitrogens with zero attached hydrogens (tertiary/aromatic N) is 3. The molecule has 0 spiro atoms. The number of amides is 4. The van der Waals surface area contributed by atoms with Crippen molar-refractivity contribution in [3.8, 4) is 0 Å². The highest BCUT2D eigenvalue weighted by Crippen LogP contribution is 2.29. The molecule has 2 aliphatic heterocycles. The van der Waals surface area contributed by atoms with Crippen LogP contribution in [-0.4, -0.2) is 64.0 Å². The molecular weight excluding hydrogens is 380 g/mol. The predicted octanol–water partition coefficient (Wildman–Crippen LogP) is 0.708. The second-order valence-corrected chi connectivity index (χ2v) is 7.62. The summed E-state index contributed by atoms with van der Waals surface area (Å²) in [7, 11) is 0. The highest BCUT2D eigenvalue weighted by molar-refractivity contribution is 6.22. The summed E-state index contributed by atoms with van der Waals surface area (Å²) in [6.07, 6.45) is 3.12. The molecule has 1 aliphatic carbocycles. The molecule has 2 heterocycles. The summed E-state index contributed by atoms with van der Waals surface area (Å²) in [6, 6.07) is 3.50. The first-order valence-corrected chi connectivity index (χ1v) is 9.58. The van der Waals surface area contributed by atoms with E-state index in [0.29, 0.717) is 25.9 Å². The average molecular weight is 400 g/mol. The van der Waals surface area contributed by atoms with Crippen LogP contribution in [0.4, 0.5) is 5.69 Å². The van der Waals surface area contributed by atoms with E-state index in [0.717, 1.165) is 29.9 Å². The van der Waals surface area contributed by atoms with Crippen molar-refractivity contribution in [2.75, 3.05) is 19.6 Å². The summed E-state index contributed by atoms with van der Waals surface area (Å²) >= 11 is 0. The van der Waals surface area contributed by atoms with Gasteiger partial charge in [-0.15, -0.1) is 0 Å². The summed E-state index contributed by atoms with van der Waals surface area (Å²) in [4.78, 5) is 62.1. The fraction of sp³-hybridized carbons (Fsp3) is 0.474. The molecule has 1 saturated carbocycles. The summed E-state index contributed by atoms with van der Waals surface area (Å²) in [5.74, 6) is -1.47. The lowest BCUT2D eigenvalue weighted by Crippen LogP contribution is -2.49. The maximum absolute atomic E-state index is 12.6. The molecule has 10 nitrogen and oxygen atoms in total. The van der Waals surface area contributed by atoms with Crippen LogP contribution in [0.15, 0.2) is 18.2 Å². The fourth-order valence-electron chi connectivity index (χ4n) is 3.71. The van der Waals surface area contributed by atoms with Crippen molar-refractivity contribution in [3.05, 3.63) is 39.4 Å². The van der Waals surface area contributed by atoms with Gasteiger partial charge in [0.15, 0.2) is 0 Å². The van der Waals surface area contributed by atoms with Crippen LogP contribution < -0.4 is 5.32 Å². The Kier molecular flexibility index (Phi) is 4.77. The Bertz CT molecular complexity index is 917. The molecule has 0 radical (unpaired) electrons. The molecule has 152 valence electrons. The zero-order chi connectivity index (χ0) is 20.7. The quantitative estimate of drug-likeness (QED) is 0.440. The van der Waals surface area contributed by atoms with Crippen LogP contribution in [0.3, 0.4) is 0 Å². The van der Waals surface area contributed by atoms with Crippen molar-refractivity contribution < 1.29 is 24.1 Å². The first-order valence-electron chi connectivity index (χ1n) is 9.58. The number of likely N-dealkylation sites (tertiary alicyclic amines) is 1. The Morgan fingerprint density at radius 2 is 1.72 bits per heavy atom. The van der Waals surface area contributed by atoms with Crippen LogP contribution in [0.5, 0.6) is 0 Å². The lowest BCUT2D eigenvalue weighted by molar-refractivity contribution is -0.384. The Morgan fingerprint density at radius 3 is 2.34 bits per heavy atom. The van der Waals surface area contributed by atoms with Crippen LogP contribution in [0.25, 0.3) is 0 Å². The molecule has 1 aromatic carbocycles. The van der Waals surface area contributed by atoms with Crippen molar-refractivity contribution in [2.45, 2.75) is 31.7 Å². The second-order valence-electron chi connectivity index (χ2n) is 7.62. The lowest BCUT2D eigenvalue weighted by atomic mass is 10.0. The molecular formula is C19H20N4O6. The van der Waals surface area contributed by atoms with Gasteiger partial charge in [-0.25, -0.2) is 0 Å². The molecule has 0 atom stereocenters. The standard InChI is InChI=1S/C19H20N4O6/c24-16(21-7-5-12(6-8-21)20-17(25)11-1-2-11)10-22-18(26)14-4-3-13(23(28)29)9-15(14)19(22)27/h3-4,9,11-12H,1-2,5-8,10H2,(H,20,25). The van der Waals surface area contributed by atoms with Gasteiger partial charge < -0.3 is 10.2 Å². The van der Waals surface area contributed by atoms with Crippen LogP contribution in [-0.2, 0) is 9.59 Å². The number of imide groups is 1. The van der Waals surface area contributed by atoms with Gasteiger partial charge in [0.25, 0.3) is 17.5 Å². The molecule has 1 saturated heterocycles. The minimum absolute atomic E-state index is 0.0343. The number of carbonyl (C=O) groups excluding carboxylic acids is 4. The predicted molar refractivity (Wildman–Crippen MR) is 98.9 cm³/mol. The van der Waals surface area contributed by atoms with Gasteiger partial charge in [0.05, 0.1) is 16.1 Å². The minimum atomic E-state index is -0.700. The number of carbonyl (C=O) groups is 4. The third kappa shape index (κ3) is 3.69. The van der Waals surface area contributed by atoms with E-state index in [2.05, 4.69) is 5.32 Å². The summed E-state index contributed by atoms with van der Waals surface area (Å²) < 4.78 is 0. The van der Waals surface area contributed by atoms with Gasteiger partial charge in [0, 0.05) is 37.2 Å². The maximum atomic E-state index is 12.6. The van der Waals surface area contributed by atoms with Gasteiger partial charge in [0.1, 0.15) is 6.54 Å². The Labute approximate surface area is 166 Å². The maximum Gasteiger partial charge on any atom is 0.270 e. The lowest BCUT2D eigenvalue weighted by Gasteiger charge is -2.33. The van der Waals surface area contributed by atoms with Crippen LogP contribution in [0.2, 0.25) is 0 Å². The third-order valence-electron chi connectivity index (χ3n) is 5.60. The molecule has 29 heavy (non-hydrogen) atoms. The Hall–Kier alpha value is -3.30. The van der Waals surface area contributed by atoms with Gasteiger partial charge in [-0.05, 0) is 31.7 Å². The topological polar surface area (TPSA) is 130 Å². The normalized spacial score (nSPS) is 19.3. The number of fused-ring (bicyclic) bond motifs is 1. The SMILES string of the molecule is O=C(NC1CCN(C(=O)CN2C(=O)c3ccc([N+](=O)[O-])cc3C2=O)CC1)C1CC1. The second kappa shape index (κ2) is 7.26. The molecule has 0 unspecified atom stereocenters. The van der Waals surface area contributed by atoms with Gasteiger partial charge in [-0.3, -0.25) is 34.2 Å². The average Bonchev–Trinajstić information content (AvgIpc) is 3.53. The van der Waals surface area contributed by atoms with Crippen LogP contribution in [0.1, 0.15) is 46.4 Å². The molecule has 1 N–H and O–H groups in total. The van der Waals surface area contributed by atoms with E-state index in [-0.39, 0.29) is 40.6 Å². The number of piperidine rings is 1. The fourth-order valence-corrected chi connectivity index (χ4v) is 3.71. The zero-order valence-electron chi connectivity index (χ0n) is 15.6. The van der Waals surface area contributed by atoms with Crippen LogP contribution >= 0.6 is 0 Å². The van der Waals surface area contributed by atoms with E-state index in [9.17, 15) is 29.3 Å². The molecule has 2 fully saturated rings. The highest BCUT2D eigenvalue weighted by atomic mass is 16.6. The summed E-state index contributed by atoms with van der Waals surface area (Å²) in [6.45, 7) is 0.464. The number of nitro benzene ring substituents is 1. The molecule has 4 rings (SSSR count). The van der Waals surface area contributed by atoms with E-state index in [1.54, 1.807) is 4.90 Å². The van der Waals surface area contributed by atoms with Gasteiger partial charge >= 0.3 is 0 Å².